The van der Waals surface area contributed by atoms with Crippen molar-refractivity contribution in [3.8, 4) is 22.6 Å². The van der Waals surface area contributed by atoms with Gasteiger partial charge >= 0.3 is 6.09 Å². The normalized spacial score (nSPS) is 12.2. The van der Waals surface area contributed by atoms with E-state index in [-0.39, 0.29) is 6.10 Å². The molecule has 1 aliphatic rings. The number of rotatable bonds is 7. The number of benzene rings is 1. The minimum atomic E-state index is -0.514. The lowest BCUT2D eigenvalue weighted by Crippen LogP contribution is -2.19. The highest BCUT2D eigenvalue weighted by molar-refractivity contribution is 5.86. The Bertz CT molecular complexity index is 833. The van der Waals surface area contributed by atoms with Crippen molar-refractivity contribution in [3.05, 3.63) is 36.0 Å². The topological polar surface area (TPSA) is 69.7 Å². The monoisotopic (exact) mass is 384 g/mol. The minimum absolute atomic E-state index is 0.189. The average molecular weight is 384 g/mol. The smallest absolute Gasteiger partial charge is 0.413 e. The SMILES string of the molecule is CC(C)CCCOc1ccc2c(c1)OCc1cnc(NC(=O)OC(C)C)cc1-2. The maximum atomic E-state index is 11.8. The summed E-state index contributed by atoms with van der Waals surface area (Å²) < 4.78 is 16.8. The molecule has 1 aromatic heterocycles. The Hall–Kier alpha value is -2.76. The third kappa shape index (κ3) is 5.15. The highest BCUT2D eigenvalue weighted by Crippen LogP contribution is 2.40. The maximum Gasteiger partial charge on any atom is 0.413 e. The molecule has 1 aromatic carbocycles. The largest absolute Gasteiger partial charge is 0.493 e. The third-order valence-corrected chi connectivity index (χ3v) is 4.38. The molecule has 1 N–H and O–H groups in total. The zero-order valence-corrected chi connectivity index (χ0v) is 17.0. The van der Waals surface area contributed by atoms with Crippen molar-refractivity contribution in [2.24, 2.45) is 5.92 Å². The fourth-order valence-corrected chi connectivity index (χ4v) is 3.04. The number of ether oxygens (including phenoxy) is 3. The molecule has 0 fully saturated rings. The number of fused-ring (bicyclic) bond motifs is 3. The summed E-state index contributed by atoms with van der Waals surface area (Å²) in [6.07, 6.45) is 3.20. The van der Waals surface area contributed by atoms with Crippen LogP contribution in [0.4, 0.5) is 10.6 Å². The van der Waals surface area contributed by atoms with Crippen molar-refractivity contribution in [1.82, 2.24) is 4.98 Å². The van der Waals surface area contributed by atoms with Gasteiger partial charge in [-0.2, -0.15) is 0 Å². The van der Waals surface area contributed by atoms with Gasteiger partial charge in [0.25, 0.3) is 0 Å². The first-order valence-corrected chi connectivity index (χ1v) is 9.79. The van der Waals surface area contributed by atoms with Gasteiger partial charge in [-0.05, 0) is 56.4 Å². The van der Waals surface area contributed by atoms with Gasteiger partial charge in [0, 0.05) is 23.4 Å². The summed E-state index contributed by atoms with van der Waals surface area (Å²) in [5.41, 5.74) is 2.92. The number of hydrogen-bond acceptors (Lipinski definition) is 5. The van der Waals surface area contributed by atoms with Crippen LogP contribution in [0.2, 0.25) is 0 Å². The number of carbonyl (C=O) groups excluding carboxylic acids is 1. The van der Waals surface area contributed by atoms with E-state index >= 15 is 0 Å². The molecule has 1 amide bonds. The minimum Gasteiger partial charge on any atom is -0.493 e. The molecule has 0 atom stereocenters. The van der Waals surface area contributed by atoms with Crippen LogP contribution in [0.25, 0.3) is 11.1 Å². The second-order valence-corrected chi connectivity index (χ2v) is 7.64. The molecule has 0 radical (unpaired) electrons. The van der Waals surface area contributed by atoms with Gasteiger partial charge in [-0.3, -0.25) is 5.32 Å². The number of anilines is 1. The van der Waals surface area contributed by atoms with Crippen LogP contribution < -0.4 is 14.8 Å². The van der Waals surface area contributed by atoms with E-state index in [1.165, 1.54) is 0 Å². The summed E-state index contributed by atoms with van der Waals surface area (Å²) in [5.74, 6) is 2.71. The highest BCUT2D eigenvalue weighted by atomic mass is 16.6. The molecule has 2 heterocycles. The molecule has 0 spiro atoms. The molecule has 0 bridgehead atoms. The second kappa shape index (κ2) is 8.95. The molecule has 28 heavy (non-hydrogen) atoms. The number of aromatic nitrogens is 1. The first kappa shape index (κ1) is 20.0. The van der Waals surface area contributed by atoms with Gasteiger partial charge in [-0.15, -0.1) is 0 Å². The molecular formula is C22H28N2O4. The quantitative estimate of drug-likeness (QED) is 0.646. The van der Waals surface area contributed by atoms with Gasteiger partial charge < -0.3 is 14.2 Å². The predicted octanol–water partition coefficient (Wildman–Crippen LogP) is 5.41. The average Bonchev–Trinajstić information content (AvgIpc) is 2.64. The fourth-order valence-electron chi connectivity index (χ4n) is 3.04. The predicted molar refractivity (Wildman–Crippen MR) is 109 cm³/mol. The molecule has 2 aromatic rings. The van der Waals surface area contributed by atoms with E-state index in [0.717, 1.165) is 41.0 Å². The van der Waals surface area contributed by atoms with Crippen LogP contribution in [-0.2, 0) is 11.3 Å². The number of nitrogens with one attached hydrogen (secondary N) is 1. The number of nitrogens with zero attached hydrogens (tertiary/aromatic N) is 1. The van der Waals surface area contributed by atoms with E-state index in [2.05, 4.69) is 24.1 Å². The first-order valence-electron chi connectivity index (χ1n) is 9.79. The van der Waals surface area contributed by atoms with Crippen LogP contribution in [0.1, 0.15) is 46.1 Å². The summed E-state index contributed by atoms with van der Waals surface area (Å²) in [6.45, 7) is 9.16. The maximum absolute atomic E-state index is 11.8. The standard InChI is InChI=1S/C22H28N2O4/c1-14(2)6-5-9-26-17-7-8-18-19-11-21(24-22(25)28-15(3)4)23-12-16(19)13-27-20(18)10-17/h7-8,10-12,14-15H,5-6,9,13H2,1-4H3,(H,23,24,25). The highest BCUT2D eigenvalue weighted by Gasteiger charge is 2.20. The molecule has 150 valence electrons. The van der Waals surface area contributed by atoms with Crippen molar-refractivity contribution < 1.29 is 19.0 Å². The number of hydrogen-bond donors (Lipinski definition) is 1. The zero-order valence-electron chi connectivity index (χ0n) is 17.0. The summed E-state index contributed by atoms with van der Waals surface area (Å²) in [6, 6.07) is 7.71. The van der Waals surface area contributed by atoms with E-state index in [9.17, 15) is 4.79 Å². The molecule has 0 aliphatic carbocycles. The van der Waals surface area contributed by atoms with Crippen molar-refractivity contribution >= 4 is 11.9 Å². The van der Waals surface area contributed by atoms with Gasteiger partial charge in [-0.1, -0.05) is 13.8 Å². The molecule has 6 heteroatoms. The van der Waals surface area contributed by atoms with Gasteiger partial charge in [0.1, 0.15) is 23.9 Å². The number of pyridine rings is 1. The van der Waals surface area contributed by atoms with Crippen LogP contribution >= 0.6 is 0 Å². The molecular weight excluding hydrogens is 356 g/mol. The van der Waals surface area contributed by atoms with Gasteiger partial charge in [0.05, 0.1) is 12.7 Å². The Morgan fingerprint density at radius 1 is 1.21 bits per heavy atom. The Balaban J connectivity index is 1.73. The lowest BCUT2D eigenvalue weighted by atomic mass is 9.98. The van der Waals surface area contributed by atoms with Crippen molar-refractivity contribution in [2.75, 3.05) is 11.9 Å². The fraction of sp³-hybridized carbons (Fsp3) is 0.455. The van der Waals surface area contributed by atoms with Crippen LogP contribution in [-0.4, -0.2) is 23.8 Å². The summed E-state index contributed by atoms with van der Waals surface area (Å²) >= 11 is 0. The molecule has 0 saturated heterocycles. The van der Waals surface area contributed by atoms with Crippen LogP contribution in [0.5, 0.6) is 11.5 Å². The van der Waals surface area contributed by atoms with Crippen LogP contribution in [0, 0.1) is 5.92 Å². The third-order valence-electron chi connectivity index (χ3n) is 4.38. The van der Waals surface area contributed by atoms with E-state index in [1.54, 1.807) is 20.0 Å². The van der Waals surface area contributed by atoms with E-state index < -0.39 is 6.09 Å². The molecule has 0 saturated carbocycles. The second-order valence-electron chi connectivity index (χ2n) is 7.64. The van der Waals surface area contributed by atoms with E-state index in [4.69, 9.17) is 14.2 Å². The first-order chi connectivity index (χ1) is 13.4. The summed E-state index contributed by atoms with van der Waals surface area (Å²) in [7, 11) is 0. The molecule has 0 unspecified atom stereocenters. The van der Waals surface area contributed by atoms with E-state index in [0.29, 0.717) is 24.9 Å². The Morgan fingerprint density at radius 3 is 2.79 bits per heavy atom. The van der Waals surface area contributed by atoms with Crippen LogP contribution in [0.3, 0.4) is 0 Å². The van der Waals surface area contributed by atoms with Gasteiger partial charge in [-0.25, -0.2) is 9.78 Å². The number of amides is 1. The molecule has 3 rings (SSSR count). The lowest BCUT2D eigenvalue weighted by molar-refractivity contribution is 0.130. The molecule has 1 aliphatic heterocycles. The Kier molecular flexibility index (Phi) is 6.39. The van der Waals surface area contributed by atoms with Gasteiger partial charge in [0.2, 0.25) is 0 Å². The van der Waals surface area contributed by atoms with Crippen LogP contribution in [0.15, 0.2) is 30.5 Å². The lowest BCUT2D eigenvalue weighted by Gasteiger charge is -2.22. The number of carbonyl (C=O) groups is 1. The summed E-state index contributed by atoms with van der Waals surface area (Å²) in [4.78, 5) is 16.1. The Labute approximate surface area is 166 Å². The van der Waals surface area contributed by atoms with Gasteiger partial charge in [0.15, 0.2) is 0 Å². The Morgan fingerprint density at radius 2 is 2.04 bits per heavy atom. The van der Waals surface area contributed by atoms with Crippen molar-refractivity contribution in [2.45, 2.75) is 53.2 Å². The van der Waals surface area contributed by atoms with Crippen molar-refractivity contribution in [3.63, 3.8) is 0 Å². The van der Waals surface area contributed by atoms with Crippen molar-refractivity contribution in [1.29, 1.82) is 0 Å². The zero-order chi connectivity index (χ0) is 20.1. The summed E-state index contributed by atoms with van der Waals surface area (Å²) in [5, 5.41) is 2.67. The molecule has 6 nitrogen and oxygen atoms in total. The van der Waals surface area contributed by atoms with E-state index in [1.807, 2.05) is 24.3 Å².